The fourth-order valence-corrected chi connectivity index (χ4v) is 5.04. The second-order valence-electron chi connectivity index (χ2n) is 9.37. The summed E-state index contributed by atoms with van der Waals surface area (Å²) in [7, 11) is 0. The van der Waals surface area contributed by atoms with Gasteiger partial charge in [0.05, 0.1) is 19.6 Å². The minimum absolute atomic E-state index is 0.156. The first-order valence-electron chi connectivity index (χ1n) is 12.4. The Kier molecular flexibility index (Phi) is 7.49. The van der Waals surface area contributed by atoms with Crippen molar-refractivity contribution >= 4 is 17.5 Å². The van der Waals surface area contributed by atoms with Gasteiger partial charge in [-0.15, -0.1) is 0 Å². The maximum absolute atomic E-state index is 13.2. The van der Waals surface area contributed by atoms with Crippen molar-refractivity contribution in [2.45, 2.75) is 52.9 Å². The zero-order chi connectivity index (χ0) is 23.4. The summed E-state index contributed by atoms with van der Waals surface area (Å²) in [6.45, 7) is 9.57. The number of carbonyl (C=O) groups excluding carboxylic acids is 2. The minimum atomic E-state index is 0.156. The van der Waals surface area contributed by atoms with Crippen LogP contribution in [0.5, 0.6) is 0 Å². The maximum atomic E-state index is 13.2. The molecule has 2 aromatic carbocycles. The molecule has 0 unspecified atom stereocenters. The van der Waals surface area contributed by atoms with Crippen LogP contribution in [-0.4, -0.2) is 49.6 Å². The van der Waals surface area contributed by atoms with Gasteiger partial charge < -0.3 is 14.5 Å². The number of rotatable bonds is 6. The molecule has 2 fully saturated rings. The molecule has 0 radical (unpaired) electrons. The van der Waals surface area contributed by atoms with Gasteiger partial charge in [-0.05, 0) is 67.5 Å². The Balaban J connectivity index is 1.54. The number of ether oxygens (including phenoxy) is 1. The second kappa shape index (κ2) is 10.5. The number of aryl methyl sites for hydroxylation is 1. The molecule has 1 aliphatic heterocycles. The summed E-state index contributed by atoms with van der Waals surface area (Å²) < 4.78 is 5.34. The van der Waals surface area contributed by atoms with Crippen molar-refractivity contribution in [2.24, 2.45) is 5.92 Å². The maximum Gasteiger partial charge on any atom is 0.230 e. The summed E-state index contributed by atoms with van der Waals surface area (Å²) in [5.74, 6) is 0.590. The number of anilines is 1. The van der Waals surface area contributed by atoms with E-state index in [2.05, 4.69) is 45.0 Å². The van der Waals surface area contributed by atoms with E-state index in [9.17, 15) is 9.59 Å². The highest BCUT2D eigenvalue weighted by Crippen LogP contribution is 2.34. The fraction of sp³-hybridized carbons (Fsp3) is 0.500. The summed E-state index contributed by atoms with van der Waals surface area (Å²) in [5, 5.41) is 0. The van der Waals surface area contributed by atoms with Gasteiger partial charge in [0.2, 0.25) is 11.8 Å². The number of carbonyl (C=O) groups is 2. The molecule has 1 heterocycles. The van der Waals surface area contributed by atoms with Gasteiger partial charge in [-0.3, -0.25) is 9.59 Å². The third-order valence-corrected chi connectivity index (χ3v) is 7.22. The van der Waals surface area contributed by atoms with E-state index in [0.29, 0.717) is 39.3 Å². The fourth-order valence-electron chi connectivity index (χ4n) is 5.04. The van der Waals surface area contributed by atoms with Gasteiger partial charge in [0.25, 0.3) is 0 Å². The number of benzene rings is 2. The molecule has 176 valence electrons. The van der Waals surface area contributed by atoms with Crippen molar-refractivity contribution in [2.75, 3.05) is 37.7 Å². The van der Waals surface area contributed by atoms with E-state index >= 15 is 0 Å². The van der Waals surface area contributed by atoms with Crippen LogP contribution >= 0.6 is 0 Å². The van der Waals surface area contributed by atoms with Crippen molar-refractivity contribution < 1.29 is 14.3 Å². The van der Waals surface area contributed by atoms with E-state index in [1.54, 1.807) is 0 Å². The molecule has 2 aliphatic rings. The van der Waals surface area contributed by atoms with Crippen LogP contribution in [0.3, 0.4) is 0 Å². The van der Waals surface area contributed by atoms with Gasteiger partial charge in [-0.1, -0.05) is 43.2 Å². The molecular weight excluding hydrogens is 412 g/mol. The van der Waals surface area contributed by atoms with Crippen LogP contribution in [0.2, 0.25) is 0 Å². The van der Waals surface area contributed by atoms with E-state index in [1.807, 2.05) is 21.9 Å². The number of hydrogen-bond donors (Lipinski definition) is 0. The van der Waals surface area contributed by atoms with Gasteiger partial charge >= 0.3 is 0 Å². The third kappa shape index (κ3) is 5.30. The van der Waals surface area contributed by atoms with E-state index in [-0.39, 0.29) is 17.7 Å². The summed E-state index contributed by atoms with van der Waals surface area (Å²) in [5.41, 5.74) is 6.61. The van der Waals surface area contributed by atoms with Gasteiger partial charge in [-0.2, -0.15) is 0 Å². The van der Waals surface area contributed by atoms with Crippen LogP contribution < -0.4 is 4.90 Å². The zero-order valence-electron chi connectivity index (χ0n) is 20.2. The molecule has 33 heavy (non-hydrogen) atoms. The molecule has 0 aromatic heterocycles. The first-order valence-corrected chi connectivity index (χ1v) is 12.4. The Morgan fingerprint density at radius 2 is 1.67 bits per heavy atom. The van der Waals surface area contributed by atoms with Gasteiger partial charge in [-0.25, -0.2) is 0 Å². The standard InChI is InChI=1S/C28H36N2O3/c1-4-30(28(32)24-7-5-6-8-24)26-19-25(17-20(2)21(26)3)23-11-9-22(10-12-23)18-27(31)29-13-15-33-16-14-29/h9-12,17,19,24H,4-8,13-16,18H2,1-3H3. The minimum Gasteiger partial charge on any atom is -0.378 e. The lowest BCUT2D eigenvalue weighted by Crippen LogP contribution is -2.41. The van der Waals surface area contributed by atoms with Crippen molar-refractivity contribution in [1.29, 1.82) is 0 Å². The summed E-state index contributed by atoms with van der Waals surface area (Å²) in [4.78, 5) is 29.7. The molecule has 0 atom stereocenters. The van der Waals surface area contributed by atoms with Gasteiger partial charge in [0.1, 0.15) is 0 Å². The lowest BCUT2D eigenvalue weighted by molar-refractivity contribution is -0.134. The highest BCUT2D eigenvalue weighted by Gasteiger charge is 2.28. The molecule has 1 saturated carbocycles. The van der Waals surface area contributed by atoms with Crippen LogP contribution in [0.15, 0.2) is 36.4 Å². The average Bonchev–Trinajstić information content (AvgIpc) is 3.38. The van der Waals surface area contributed by atoms with Crippen molar-refractivity contribution in [3.05, 3.63) is 53.1 Å². The van der Waals surface area contributed by atoms with Gasteiger partial charge in [0, 0.05) is 31.2 Å². The molecule has 5 nitrogen and oxygen atoms in total. The Morgan fingerprint density at radius 1 is 1.00 bits per heavy atom. The molecule has 0 N–H and O–H groups in total. The molecule has 2 amide bonds. The van der Waals surface area contributed by atoms with E-state index in [4.69, 9.17) is 4.74 Å². The van der Waals surface area contributed by atoms with E-state index in [1.165, 1.54) is 11.1 Å². The topological polar surface area (TPSA) is 49.9 Å². The summed E-state index contributed by atoms with van der Waals surface area (Å²) in [6, 6.07) is 12.6. The number of hydrogen-bond acceptors (Lipinski definition) is 3. The van der Waals surface area contributed by atoms with Crippen LogP contribution in [0.25, 0.3) is 11.1 Å². The van der Waals surface area contributed by atoms with Crippen LogP contribution in [0, 0.1) is 19.8 Å². The van der Waals surface area contributed by atoms with Crippen molar-refractivity contribution in [3.8, 4) is 11.1 Å². The zero-order valence-corrected chi connectivity index (χ0v) is 20.2. The number of amides is 2. The molecular formula is C28H36N2O3. The summed E-state index contributed by atoms with van der Waals surface area (Å²) >= 11 is 0. The third-order valence-electron chi connectivity index (χ3n) is 7.22. The van der Waals surface area contributed by atoms with Crippen molar-refractivity contribution in [3.63, 3.8) is 0 Å². The van der Waals surface area contributed by atoms with Crippen LogP contribution in [0.1, 0.15) is 49.3 Å². The Bertz CT molecular complexity index is 987. The van der Waals surface area contributed by atoms with Crippen LogP contribution in [-0.2, 0) is 20.7 Å². The highest BCUT2D eigenvalue weighted by molar-refractivity contribution is 5.96. The molecule has 4 rings (SSSR count). The number of morpholine rings is 1. The normalized spacial score (nSPS) is 16.8. The largest absolute Gasteiger partial charge is 0.378 e. The van der Waals surface area contributed by atoms with Crippen LogP contribution in [0.4, 0.5) is 5.69 Å². The lowest BCUT2D eigenvalue weighted by Gasteiger charge is -2.27. The molecule has 0 bridgehead atoms. The monoisotopic (exact) mass is 448 g/mol. The predicted molar refractivity (Wildman–Crippen MR) is 132 cm³/mol. The molecule has 1 saturated heterocycles. The molecule has 2 aromatic rings. The second-order valence-corrected chi connectivity index (χ2v) is 9.37. The Hall–Kier alpha value is -2.66. The summed E-state index contributed by atoms with van der Waals surface area (Å²) in [6.07, 6.45) is 4.76. The Labute approximate surface area is 197 Å². The average molecular weight is 449 g/mol. The SMILES string of the molecule is CCN(C(=O)C1CCCC1)c1cc(-c2ccc(CC(=O)N3CCOCC3)cc2)cc(C)c1C. The quantitative estimate of drug-likeness (QED) is 0.631. The molecule has 5 heteroatoms. The first kappa shape index (κ1) is 23.5. The number of nitrogens with zero attached hydrogens (tertiary/aromatic N) is 2. The smallest absolute Gasteiger partial charge is 0.230 e. The van der Waals surface area contributed by atoms with Gasteiger partial charge in [0.15, 0.2) is 0 Å². The van der Waals surface area contributed by atoms with Crippen molar-refractivity contribution in [1.82, 2.24) is 4.90 Å². The first-order chi connectivity index (χ1) is 16.0. The predicted octanol–water partition coefficient (Wildman–Crippen LogP) is 4.91. The Morgan fingerprint density at radius 3 is 2.30 bits per heavy atom. The van der Waals surface area contributed by atoms with E-state index in [0.717, 1.165) is 48.1 Å². The van der Waals surface area contributed by atoms with E-state index < -0.39 is 0 Å². The lowest BCUT2D eigenvalue weighted by atomic mass is 9.96. The molecule has 0 spiro atoms. The highest BCUT2D eigenvalue weighted by atomic mass is 16.5. The molecule has 1 aliphatic carbocycles.